The van der Waals surface area contributed by atoms with Crippen LogP contribution in [0, 0.1) is 18.6 Å². The van der Waals surface area contributed by atoms with E-state index in [9.17, 15) is 31.9 Å². The average molecular weight is 373 g/mol. The fourth-order valence-corrected chi connectivity index (χ4v) is 2.82. The second kappa shape index (κ2) is 5.82. The van der Waals surface area contributed by atoms with Crippen molar-refractivity contribution in [3.8, 4) is 17.0 Å². The number of hydrogen-bond acceptors (Lipinski definition) is 3. The van der Waals surface area contributed by atoms with Gasteiger partial charge in [-0.2, -0.15) is 18.3 Å². The Morgan fingerprint density at radius 3 is 2.50 bits per heavy atom. The summed E-state index contributed by atoms with van der Waals surface area (Å²) in [6.07, 6.45) is -5.29. The van der Waals surface area contributed by atoms with Crippen molar-refractivity contribution in [2.24, 2.45) is 0 Å². The van der Waals surface area contributed by atoms with Gasteiger partial charge in [-0.05, 0) is 26.0 Å². The minimum absolute atomic E-state index is 0.0339. The van der Waals surface area contributed by atoms with Gasteiger partial charge in [0.05, 0.1) is 16.8 Å². The Morgan fingerprint density at radius 1 is 1.27 bits per heavy atom. The monoisotopic (exact) mass is 373 g/mol. The Morgan fingerprint density at radius 2 is 1.92 bits per heavy atom. The van der Waals surface area contributed by atoms with Crippen LogP contribution in [0.5, 0.6) is 5.75 Å². The second-order valence-electron chi connectivity index (χ2n) is 5.58. The number of H-pyrrole nitrogens is 1. The molecule has 0 aliphatic rings. The van der Waals surface area contributed by atoms with Crippen LogP contribution < -0.4 is 5.43 Å². The minimum atomic E-state index is -5.29. The van der Waals surface area contributed by atoms with E-state index in [2.05, 4.69) is 10.1 Å². The van der Waals surface area contributed by atoms with E-state index in [0.29, 0.717) is 18.3 Å². The standard InChI is InChI=1S/C16H12F5N3O2/c1-3-24-15-9(6(2)23-24)13(25)14(26)12(22-15)7-4-5-8(17)10(11(7)18)16(19,20)21/h4-5,26H,3H2,1-2H3,(H,22,25). The third-order valence-electron chi connectivity index (χ3n) is 3.99. The van der Waals surface area contributed by atoms with Crippen molar-refractivity contribution in [3.05, 3.63) is 45.2 Å². The largest absolute Gasteiger partial charge is 0.503 e. The van der Waals surface area contributed by atoms with Crippen LogP contribution in [0.15, 0.2) is 16.9 Å². The number of aryl methyl sites for hydroxylation is 2. The summed E-state index contributed by atoms with van der Waals surface area (Å²) < 4.78 is 68.0. The maximum Gasteiger partial charge on any atom is 0.422 e. The highest BCUT2D eigenvalue weighted by Crippen LogP contribution is 2.38. The Labute approximate surface area is 142 Å². The van der Waals surface area contributed by atoms with Crippen LogP contribution in [0.3, 0.4) is 0 Å². The lowest BCUT2D eigenvalue weighted by Crippen LogP contribution is -2.13. The van der Waals surface area contributed by atoms with Crippen molar-refractivity contribution in [1.82, 2.24) is 14.8 Å². The van der Waals surface area contributed by atoms with Gasteiger partial charge in [-0.15, -0.1) is 0 Å². The Bertz CT molecular complexity index is 1080. The van der Waals surface area contributed by atoms with E-state index in [-0.39, 0.29) is 11.0 Å². The molecule has 26 heavy (non-hydrogen) atoms. The van der Waals surface area contributed by atoms with Gasteiger partial charge in [0.25, 0.3) is 0 Å². The summed E-state index contributed by atoms with van der Waals surface area (Å²) in [5.41, 5.74) is -3.98. The topological polar surface area (TPSA) is 70.9 Å². The molecule has 2 aromatic heterocycles. The number of aromatic amines is 1. The van der Waals surface area contributed by atoms with Gasteiger partial charge in [0.2, 0.25) is 5.43 Å². The van der Waals surface area contributed by atoms with E-state index in [1.807, 2.05) is 0 Å². The lowest BCUT2D eigenvalue weighted by Gasteiger charge is -2.13. The van der Waals surface area contributed by atoms with Crippen molar-refractivity contribution in [2.45, 2.75) is 26.6 Å². The van der Waals surface area contributed by atoms with Crippen molar-refractivity contribution in [1.29, 1.82) is 0 Å². The lowest BCUT2D eigenvalue weighted by atomic mass is 10.0. The molecular weight excluding hydrogens is 361 g/mol. The minimum Gasteiger partial charge on any atom is -0.503 e. The quantitative estimate of drug-likeness (QED) is 0.673. The molecule has 0 aliphatic carbocycles. The molecule has 2 heterocycles. The van der Waals surface area contributed by atoms with E-state index in [0.717, 1.165) is 6.07 Å². The third-order valence-corrected chi connectivity index (χ3v) is 3.99. The number of aromatic hydroxyl groups is 1. The molecule has 1 aromatic carbocycles. The molecule has 0 bridgehead atoms. The van der Waals surface area contributed by atoms with Crippen molar-refractivity contribution in [3.63, 3.8) is 0 Å². The van der Waals surface area contributed by atoms with Gasteiger partial charge in [-0.25, -0.2) is 13.5 Å². The van der Waals surface area contributed by atoms with Crippen LogP contribution in [0.25, 0.3) is 22.3 Å². The van der Waals surface area contributed by atoms with Gasteiger partial charge in [-0.1, -0.05) is 0 Å². The molecule has 3 aromatic rings. The van der Waals surface area contributed by atoms with E-state index in [1.54, 1.807) is 6.92 Å². The zero-order valence-corrected chi connectivity index (χ0v) is 13.5. The van der Waals surface area contributed by atoms with Crippen LogP contribution in [0.1, 0.15) is 18.2 Å². The van der Waals surface area contributed by atoms with Gasteiger partial charge in [0, 0.05) is 12.1 Å². The average Bonchev–Trinajstić information content (AvgIpc) is 2.86. The van der Waals surface area contributed by atoms with Gasteiger partial charge in [-0.3, -0.25) is 4.79 Å². The lowest BCUT2D eigenvalue weighted by molar-refractivity contribution is -0.142. The number of aromatic nitrogens is 3. The smallest absolute Gasteiger partial charge is 0.422 e. The highest BCUT2D eigenvalue weighted by atomic mass is 19.4. The summed E-state index contributed by atoms with van der Waals surface area (Å²) in [6.45, 7) is 3.53. The third kappa shape index (κ3) is 2.52. The van der Waals surface area contributed by atoms with Crippen molar-refractivity contribution in [2.75, 3.05) is 0 Å². The molecule has 0 atom stereocenters. The number of rotatable bonds is 2. The molecule has 5 nitrogen and oxygen atoms in total. The van der Waals surface area contributed by atoms with Crippen LogP contribution >= 0.6 is 0 Å². The van der Waals surface area contributed by atoms with Crippen LogP contribution in [0.4, 0.5) is 22.0 Å². The fraction of sp³-hybridized carbons (Fsp3) is 0.250. The van der Waals surface area contributed by atoms with E-state index < -0.39 is 45.8 Å². The SMILES string of the molecule is CCn1nc(C)c2c(=O)c(O)c(-c3ccc(F)c(C(F)(F)F)c3F)[nH]c21. The summed E-state index contributed by atoms with van der Waals surface area (Å²) >= 11 is 0. The summed E-state index contributed by atoms with van der Waals surface area (Å²) in [6, 6.07) is 1.14. The van der Waals surface area contributed by atoms with Gasteiger partial charge < -0.3 is 10.1 Å². The maximum atomic E-state index is 14.4. The van der Waals surface area contributed by atoms with E-state index in [1.165, 1.54) is 11.6 Å². The summed E-state index contributed by atoms with van der Waals surface area (Å²) in [7, 11) is 0. The number of nitrogens with zero attached hydrogens (tertiary/aromatic N) is 2. The normalized spacial score (nSPS) is 12.1. The number of pyridine rings is 1. The predicted molar refractivity (Wildman–Crippen MR) is 82.8 cm³/mol. The van der Waals surface area contributed by atoms with Crippen molar-refractivity contribution >= 4 is 11.0 Å². The molecule has 3 rings (SSSR count). The van der Waals surface area contributed by atoms with Gasteiger partial charge >= 0.3 is 6.18 Å². The number of benzene rings is 1. The molecule has 0 aliphatic heterocycles. The predicted octanol–water partition coefficient (Wildman–Crippen LogP) is 3.72. The second-order valence-corrected chi connectivity index (χ2v) is 5.58. The molecule has 0 saturated heterocycles. The Hall–Kier alpha value is -2.91. The molecule has 10 heteroatoms. The molecule has 0 amide bonds. The number of halogens is 5. The summed E-state index contributed by atoms with van der Waals surface area (Å²) in [4.78, 5) is 14.9. The Balaban J connectivity index is 2.41. The molecule has 0 radical (unpaired) electrons. The van der Waals surface area contributed by atoms with Gasteiger partial charge in [0.1, 0.15) is 22.8 Å². The summed E-state index contributed by atoms with van der Waals surface area (Å²) in [5.74, 6) is -4.70. The van der Waals surface area contributed by atoms with Crippen LogP contribution in [-0.2, 0) is 12.7 Å². The van der Waals surface area contributed by atoms with E-state index in [4.69, 9.17) is 0 Å². The zero-order chi connectivity index (χ0) is 19.4. The Kier molecular flexibility index (Phi) is 4.01. The highest BCUT2D eigenvalue weighted by molar-refractivity contribution is 5.84. The van der Waals surface area contributed by atoms with E-state index >= 15 is 0 Å². The molecule has 0 unspecified atom stereocenters. The number of hydrogen-bond donors (Lipinski definition) is 2. The zero-order valence-electron chi connectivity index (χ0n) is 13.5. The van der Waals surface area contributed by atoms with Crippen LogP contribution in [0.2, 0.25) is 0 Å². The number of nitrogens with one attached hydrogen (secondary N) is 1. The first-order valence-electron chi connectivity index (χ1n) is 7.45. The molecule has 0 spiro atoms. The molecule has 2 N–H and O–H groups in total. The molecule has 0 saturated carbocycles. The fourth-order valence-electron chi connectivity index (χ4n) is 2.82. The highest BCUT2D eigenvalue weighted by Gasteiger charge is 2.39. The number of fused-ring (bicyclic) bond motifs is 1. The number of alkyl halides is 3. The molecular formula is C16H12F5N3O2. The maximum absolute atomic E-state index is 14.4. The molecule has 0 fully saturated rings. The first-order valence-corrected chi connectivity index (χ1v) is 7.45. The summed E-state index contributed by atoms with van der Waals surface area (Å²) in [5, 5.41) is 14.2. The van der Waals surface area contributed by atoms with Gasteiger partial charge in [0.15, 0.2) is 5.75 Å². The van der Waals surface area contributed by atoms with Crippen LogP contribution in [-0.4, -0.2) is 19.9 Å². The first-order chi connectivity index (χ1) is 12.1. The molecule has 138 valence electrons. The first kappa shape index (κ1) is 17.9. The van der Waals surface area contributed by atoms with Crippen molar-refractivity contribution < 1.29 is 27.1 Å².